The number of hydrogen-bond acceptors (Lipinski definition) is 5. The second-order valence-corrected chi connectivity index (χ2v) is 3.52. The average Bonchev–Trinajstić information content (AvgIpc) is 2.25. The van der Waals surface area contributed by atoms with E-state index >= 15 is 0 Å². The molecule has 5 heteroatoms. The van der Waals surface area contributed by atoms with Crippen LogP contribution in [0.4, 0.5) is 0 Å². The molecule has 0 spiro atoms. The third-order valence-corrected chi connectivity index (χ3v) is 2.44. The molecule has 0 aromatic carbocycles. The van der Waals surface area contributed by atoms with Crippen LogP contribution in [0.2, 0.25) is 0 Å². The number of rotatable bonds is 0. The van der Waals surface area contributed by atoms with Crippen LogP contribution in [0.5, 0.6) is 0 Å². The van der Waals surface area contributed by atoms with Gasteiger partial charge in [0.25, 0.3) is 0 Å². The summed E-state index contributed by atoms with van der Waals surface area (Å²) in [6.07, 6.45) is 0. The first-order valence-corrected chi connectivity index (χ1v) is 5.04. The van der Waals surface area contributed by atoms with Gasteiger partial charge in [-0.25, -0.2) is 0 Å². The molecule has 1 fully saturated rings. The molecule has 0 aromatic rings. The van der Waals surface area contributed by atoms with Crippen LogP contribution in [-0.4, -0.2) is 38.4 Å². The maximum atomic E-state index is 11.4. The van der Waals surface area contributed by atoms with Gasteiger partial charge in [0.15, 0.2) is 0 Å². The summed E-state index contributed by atoms with van der Waals surface area (Å²) >= 11 is 0. The van der Waals surface area contributed by atoms with Crippen molar-refractivity contribution in [3.05, 3.63) is 0 Å². The molecule has 1 aliphatic rings. The summed E-state index contributed by atoms with van der Waals surface area (Å²) in [6.45, 7) is 4.45. The fourth-order valence-electron chi connectivity index (χ4n) is 1.18. The Morgan fingerprint density at radius 1 is 0.867 bits per heavy atom. The number of cyclic esters (lactones) is 2. The highest BCUT2D eigenvalue weighted by Gasteiger charge is 2.28. The lowest BCUT2D eigenvalue weighted by Crippen LogP contribution is -2.28. The van der Waals surface area contributed by atoms with E-state index in [1.807, 2.05) is 0 Å². The van der Waals surface area contributed by atoms with Crippen LogP contribution in [0.3, 0.4) is 0 Å². The van der Waals surface area contributed by atoms with Crippen molar-refractivity contribution in [3.63, 3.8) is 0 Å². The SMILES string of the molecule is CC1C(=O)OCCOCCOC(=O)C1C. The smallest absolute Gasteiger partial charge is 0.309 e. The van der Waals surface area contributed by atoms with Crippen molar-refractivity contribution in [3.8, 4) is 0 Å². The number of carbonyl (C=O) groups is 2. The van der Waals surface area contributed by atoms with Gasteiger partial charge in [0.05, 0.1) is 25.0 Å². The molecule has 0 aromatic heterocycles. The third kappa shape index (κ3) is 3.51. The van der Waals surface area contributed by atoms with E-state index in [2.05, 4.69) is 0 Å². The molecular formula is C10H16O5. The molecule has 1 aliphatic heterocycles. The van der Waals surface area contributed by atoms with E-state index in [9.17, 15) is 9.59 Å². The first-order chi connectivity index (χ1) is 7.13. The number of esters is 2. The molecule has 0 N–H and O–H groups in total. The Morgan fingerprint density at radius 3 is 1.67 bits per heavy atom. The Kier molecular flexibility index (Phi) is 4.55. The van der Waals surface area contributed by atoms with Crippen LogP contribution in [0.25, 0.3) is 0 Å². The summed E-state index contributed by atoms with van der Waals surface area (Å²) in [4.78, 5) is 22.8. The predicted octanol–water partition coefficient (Wildman–Crippen LogP) is 0.375. The predicted molar refractivity (Wildman–Crippen MR) is 51.1 cm³/mol. The quantitative estimate of drug-likeness (QED) is 0.548. The third-order valence-electron chi connectivity index (χ3n) is 2.44. The largest absolute Gasteiger partial charge is 0.463 e. The van der Waals surface area contributed by atoms with Gasteiger partial charge in [0.1, 0.15) is 13.2 Å². The second kappa shape index (κ2) is 5.70. The molecule has 15 heavy (non-hydrogen) atoms. The van der Waals surface area contributed by atoms with Crippen LogP contribution in [0.1, 0.15) is 13.8 Å². The first-order valence-electron chi connectivity index (χ1n) is 5.04. The van der Waals surface area contributed by atoms with Crippen molar-refractivity contribution in [2.24, 2.45) is 11.8 Å². The van der Waals surface area contributed by atoms with Gasteiger partial charge in [-0.3, -0.25) is 9.59 Å². The Balaban J connectivity index is 2.61. The average molecular weight is 216 g/mol. The van der Waals surface area contributed by atoms with E-state index in [0.29, 0.717) is 13.2 Å². The minimum Gasteiger partial charge on any atom is -0.463 e. The molecule has 5 nitrogen and oxygen atoms in total. The van der Waals surface area contributed by atoms with Gasteiger partial charge in [-0.2, -0.15) is 0 Å². The highest BCUT2D eigenvalue weighted by molar-refractivity contribution is 5.81. The maximum Gasteiger partial charge on any atom is 0.309 e. The normalized spacial score (nSPS) is 30.0. The fraction of sp³-hybridized carbons (Fsp3) is 0.800. The van der Waals surface area contributed by atoms with E-state index < -0.39 is 11.8 Å². The zero-order valence-corrected chi connectivity index (χ0v) is 9.02. The Bertz CT molecular complexity index is 214. The monoisotopic (exact) mass is 216 g/mol. The van der Waals surface area contributed by atoms with Crippen molar-refractivity contribution in [2.75, 3.05) is 26.4 Å². The van der Waals surface area contributed by atoms with Gasteiger partial charge < -0.3 is 14.2 Å². The summed E-state index contributed by atoms with van der Waals surface area (Å²) in [7, 11) is 0. The molecule has 1 heterocycles. The Hall–Kier alpha value is -1.10. The van der Waals surface area contributed by atoms with E-state index in [1.54, 1.807) is 13.8 Å². The van der Waals surface area contributed by atoms with Crippen molar-refractivity contribution in [1.82, 2.24) is 0 Å². The molecule has 86 valence electrons. The summed E-state index contributed by atoms with van der Waals surface area (Å²) in [5, 5.41) is 0. The molecule has 0 amide bonds. The number of carbonyl (C=O) groups excluding carboxylic acids is 2. The molecule has 0 saturated carbocycles. The fourth-order valence-corrected chi connectivity index (χ4v) is 1.18. The first kappa shape index (κ1) is 12.0. The van der Waals surface area contributed by atoms with Gasteiger partial charge >= 0.3 is 11.9 Å². The van der Waals surface area contributed by atoms with Gasteiger partial charge in [0, 0.05) is 0 Å². The summed E-state index contributed by atoms with van der Waals surface area (Å²) in [5.74, 6) is -1.72. The molecule has 0 bridgehead atoms. The second-order valence-electron chi connectivity index (χ2n) is 3.52. The molecule has 1 saturated heterocycles. The lowest BCUT2D eigenvalue weighted by molar-refractivity contribution is -0.158. The molecule has 0 aliphatic carbocycles. The molecule has 2 atom stereocenters. The Labute approximate surface area is 88.7 Å². The number of hydrogen-bond donors (Lipinski definition) is 0. The molecular weight excluding hydrogens is 200 g/mol. The van der Waals surface area contributed by atoms with E-state index in [0.717, 1.165) is 0 Å². The van der Waals surface area contributed by atoms with Gasteiger partial charge in [-0.15, -0.1) is 0 Å². The topological polar surface area (TPSA) is 61.8 Å². The molecule has 0 radical (unpaired) electrons. The van der Waals surface area contributed by atoms with Crippen molar-refractivity contribution >= 4 is 11.9 Å². The molecule has 1 rings (SSSR count). The van der Waals surface area contributed by atoms with Gasteiger partial charge in [0.2, 0.25) is 0 Å². The van der Waals surface area contributed by atoms with Crippen LogP contribution in [0, 0.1) is 11.8 Å². The summed E-state index contributed by atoms with van der Waals surface area (Å²) < 4.78 is 14.9. The van der Waals surface area contributed by atoms with Crippen LogP contribution in [0.15, 0.2) is 0 Å². The van der Waals surface area contributed by atoms with Gasteiger partial charge in [-0.05, 0) is 0 Å². The summed E-state index contributed by atoms with van der Waals surface area (Å²) in [5.41, 5.74) is 0. The lowest BCUT2D eigenvalue weighted by atomic mass is 9.96. The molecule has 2 unspecified atom stereocenters. The lowest BCUT2D eigenvalue weighted by Gasteiger charge is -2.16. The van der Waals surface area contributed by atoms with Crippen LogP contribution in [-0.2, 0) is 23.8 Å². The van der Waals surface area contributed by atoms with Crippen molar-refractivity contribution in [2.45, 2.75) is 13.8 Å². The minimum absolute atomic E-state index is 0.226. The minimum atomic E-state index is -0.476. The zero-order chi connectivity index (χ0) is 11.3. The highest BCUT2D eigenvalue weighted by atomic mass is 16.6. The standard InChI is InChI=1S/C10H16O5/c1-7-8(2)10(12)15-6-4-13-3-5-14-9(7)11/h7-8H,3-6H2,1-2H3. The highest BCUT2D eigenvalue weighted by Crippen LogP contribution is 2.15. The summed E-state index contributed by atoms with van der Waals surface area (Å²) in [6, 6.07) is 0. The van der Waals surface area contributed by atoms with Crippen LogP contribution < -0.4 is 0 Å². The van der Waals surface area contributed by atoms with Crippen molar-refractivity contribution < 1.29 is 23.8 Å². The van der Waals surface area contributed by atoms with E-state index in [4.69, 9.17) is 14.2 Å². The van der Waals surface area contributed by atoms with E-state index in [-0.39, 0.29) is 25.2 Å². The van der Waals surface area contributed by atoms with Crippen molar-refractivity contribution in [1.29, 1.82) is 0 Å². The van der Waals surface area contributed by atoms with E-state index in [1.165, 1.54) is 0 Å². The van der Waals surface area contributed by atoms with Gasteiger partial charge in [-0.1, -0.05) is 13.8 Å². The Morgan fingerprint density at radius 2 is 1.27 bits per heavy atom. The number of ether oxygens (including phenoxy) is 3. The maximum absolute atomic E-state index is 11.4. The van der Waals surface area contributed by atoms with Crippen LogP contribution >= 0.6 is 0 Å². The zero-order valence-electron chi connectivity index (χ0n) is 9.02.